The first-order chi connectivity index (χ1) is 18.6. The molecule has 2 aliphatic heterocycles. The molecule has 2 fully saturated rings. The minimum Gasteiger partial charge on any atom is -0.475 e. The fourth-order valence-electron chi connectivity index (χ4n) is 3.78. The number of carboxylic acids is 2. The molecule has 3 atom stereocenters. The normalized spacial score (nSPS) is 20.2. The molecule has 220 valence electrons. The molecule has 0 aliphatic carbocycles. The number of carbonyl (C=O) groups is 3. The van der Waals surface area contributed by atoms with E-state index in [1.54, 1.807) is 23.5 Å². The molecule has 4 rings (SSSR count). The summed E-state index contributed by atoms with van der Waals surface area (Å²) in [6.07, 6.45) is -3.43. The summed E-state index contributed by atoms with van der Waals surface area (Å²) in [5, 5.41) is 14.2. The van der Waals surface area contributed by atoms with E-state index in [0.29, 0.717) is 12.5 Å². The molecule has 0 aromatic carbocycles. The lowest BCUT2D eigenvalue weighted by molar-refractivity contribution is -0.193. The molecule has 2 N–H and O–H groups in total. The number of aromatic nitrogens is 3. The average molecular weight is 581 g/mol. The molecule has 4 heterocycles. The molecule has 0 radical (unpaired) electrons. The maximum atomic E-state index is 12.8. The van der Waals surface area contributed by atoms with Gasteiger partial charge in [-0.1, -0.05) is 6.07 Å². The summed E-state index contributed by atoms with van der Waals surface area (Å²) in [5.41, 5.74) is 0.881. The van der Waals surface area contributed by atoms with Gasteiger partial charge in [-0.15, -0.1) is 0 Å². The van der Waals surface area contributed by atoms with Crippen molar-refractivity contribution >= 4 is 23.8 Å². The van der Waals surface area contributed by atoms with Crippen LogP contribution in [0.3, 0.4) is 0 Å². The van der Waals surface area contributed by atoms with E-state index in [9.17, 15) is 31.1 Å². The maximum Gasteiger partial charge on any atom is 0.490 e. The second kappa shape index (κ2) is 13.9. The van der Waals surface area contributed by atoms with Crippen molar-refractivity contribution in [3.8, 4) is 0 Å². The second-order valence-corrected chi connectivity index (χ2v) is 8.56. The summed E-state index contributed by atoms with van der Waals surface area (Å²) < 4.78 is 69.6. The molecule has 11 nitrogen and oxygen atoms in total. The van der Waals surface area contributed by atoms with E-state index >= 15 is 0 Å². The van der Waals surface area contributed by atoms with Gasteiger partial charge in [0, 0.05) is 38.7 Å². The van der Waals surface area contributed by atoms with Gasteiger partial charge >= 0.3 is 24.3 Å². The molecule has 1 amide bonds. The number of halogens is 6. The number of ether oxygens (including phenoxy) is 1. The number of alkyl halides is 6. The first-order valence-electron chi connectivity index (χ1n) is 11.5. The summed E-state index contributed by atoms with van der Waals surface area (Å²) in [6.45, 7) is 2.14. The number of nitrogens with zero attached hydrogens (tertiary/aromatic N) is 5. The van der Waals surface area contributed by atoms with Gasteiger partial charge in [0.1, 0.15) is 6.10 Å². The van der Waals surface area contributed by atoms with Gasteiger partial charge in [0.2, 0.25) is 5.95 Å². The minimum absolute atomic E-state index is 0.0348. The fourth-order valence-corrected chi connectivity index (χ4v) is 3.78. The number of hydrogen-bond acceptors (Lipinski definition) is 8. The third-order valence-electron chi connectivity index (χ3n) is 5.65. The van der Waals surface area contributed by atoms with Crippen LogP contribution < -0.4 is 4.90 Å². The van der Waals surface area contributed by atoms with Gasteiger partial charge < -0.3 is 24.7 Å². The van der Waals surface area contributed by atoms with E-state index < -0.39 is 24.3 Å². The third-order valence-corrected chi connectivity index (χ3v) is 5.65. The van der Waals surface area contributed by atoms with E-state index in [4.69, 9.17) is 24.5 Å². The Morgan fingerprint density at radius 2 is 1.52 bits per heavy atom. The van der Waals surface area contributed by atoms with Gasteiger partial charge in [-0.25, -0.2) is 19.6 Å². The predicted octanol–water partition coefficient (Wildman–Crippen LogP) is 2.78. The molecule has 40 heavy (non-hydrogen) atoms. The van der Waals surface area contributed by atoms with Gasteiger partial charge in [0.25, 0.3) is 5.91 Å². The number of piperidine rings is 1. The van der Waals surface area contributed by atoms with Crippen LogP contribution in [0.1, 0.15) is 18.5 Å². The predicted molar refractivity (Wildman–Crippen MR) is 124 cm³/mol. The number of amides is 1. The van der Waals surface area contributed by atoms with Gasteiger partial charge in [-0.2, -0.15) is 26.3 Å². The largest absolute Gasteiger partial charge is 0.490 e. The van der Waals surface area contributed by atoms with Crippen LogP contribution in [0.15, 0.2) is 42.9 Å². The zero-order valence-corrected chi connectivity index (χ0v) is 20.8. The van der Waals surface area contributed by atoms with Crippen molar-refractivity contribution in [3.63, 3.8) is 0 Å². The molecule has 2 aliphatic rings. The monoisotopic (exact) mass is 581 g/mol. The van der Waals surface area contributed by atoms with Crippen molar-refractivity contribution in [2.24, 2.45) is 5.92 Å². The number of aliphatic carboxylic acids is 2. The molecule has 0 bridgehead atoms. The lowest BCUT2D eigenvalue weighted by Crippen LogP contribution is -2.43. The van der Waals surface area contributed by atoms with Crippen molar-refractivity contribution in [2.45, 2.75) is 43.9 Å². The molecular formula is C23H25F6N5O6. The van der Waals surface area contributed by atoms with Crippen LogP contribution in [0.5, 0.6) is 0 Å². The third kappa shape index (κ3) is 9.94. The molecule has 17 heteroatoms. The molecule has 0 spiro atoms. The number of likely N-dealkylation sites (N-methyl/N-ethyl adjacent to an activating group) is 1. The Morgan fingerprint density at radius 1 is 0.975 bits per heavy atom. The molecule has 2 aromatic rings. The van der Waals surface area contributed by atoms with Crippen molar-refractivity contribution in [2.75, 3.05) is 25.0 Å². The minimum atomic E-state index is -5.08. The number of anilines is 1. The summed E-state index contributed by atoms with van der Waals surface area (Å²) >= 11 is 0. The highest BCUT2D eigenvalue weighted by Gasteiger charge is 2.43. The summed E-state index contributed by atoms with van der Waals surface area (Å²) in [4.78, 5) is 47.4. The fraction of sp³-hybridized carbons (Fsp3) is 0.478. The van der Waals surface area contributed by atoms with Crippen molar-refractivity contribution in [1.82, 2.24) is 19.9 Å². The van der Waals surface area contributed by atoms with Gasteiger partial charge in [0.15, 0.2) is 0 Å². The molecule has 2 saturated heterocycles. The van der Waals surface area contributed by atoms with Crippen LogP contribution in [0.25, 0.3) is 0 Å². The van der Waals surface area contributed by atoms with E-state index in [1.165, 1.54) is 0 Å². The van der Waals surface area contributed by atoms with E-state index in [0.717, 1.165) is 37.6 Å². The quantitative estimate of drug-likeness (QED) is 0.517. The van der Waals surface area contributed by atoms with Crippen LogP contribution in [0, 0.1) is 5.92 Å². The van der Waals surface area contributed by atoms with Crippen molar-refractivity contribution < 1.29 is 55.7 Å². The topological polar surface area (TPSA) is 146 Å². The number of hydrogen-bond donors (Lipinski definition) is 2. The molecule has 0 unspecified atom stereocenters. The van der Waals surface area contributed by atoms with Crippen LogP contribution >= 0.6 is 0 Å². The number of fused-ring (bicyclic) bond motifs is 1. The van der Waals surface area contributed by atoms with Gasteiger partial charge in [0.05, 0.1) is 18.3 Å². The Morgan fingerprint density at radius 3 is 2.02 bits per heavy atom. The summed E-state index contributed by atoms with van der Waals surface area (Å²) in [7, 11) is 1.81. The van der Waals surface area contributed by atoms with Crippen LogP contribution in [0.2, 0.25) is 0 Å². The number of pyridine rings is 1. The Kier molecular flexibility index (Phi) is 11.2. The Balaban J connectivity index is 0.000000333. The van der Waals surface area contributed by atoms with E-state index in [2.05, 4.69) is 19.9 Å². The first kappa shape index (κ1) is 32.2. The number of carboxylic acid groups (broad SMARTS) is 2. The standard InChI is InChI=1S/C19H23N5O2.2C2HF3O2/c1-23(12-15-5-2-3-7-20-15)18(25)16-11-14-6-10-24(13-17(14)26-16)19-21-8-4-9-22-19;2*3-2(4,5)1(6)7/h2-5,7-9,14,16-17H,6,10-13H2,1H3;2*(H,6,7)/t14-,16+,17-;;/m0../s1. The summed E-state index contributed by atoms with van der Waals surface area (Å²) in [5.74, 6) is -4.32. The molecular weight excluding hydrogens is 556 g/mol. The molecule has 0 saturated carbocycles. The van der Waals surface area contributed by atoms with Crippen LogP contribution in [0.4, 0.5) is 32.3 Å². The highest BCUT2D eigenvalue weighted by molar-refractivity contribution is 5.81. The Bertz CT molecular complexity index is 1100. The zero-order chi connectivity index (χ0) is 30.1. The maximum absolute atomic E-state index is 12.8. The number of carbonyl (C=O) groups excluding carboxylic acids is 1. The van der Waals surface area contributed by atoms with Crippen LogP contribution in [-0.2, 0) is 25.7 Å². The lowest BCUT2D eigenvalue weighted by atomic mass is 9.92. The number of rotatable bonds is 4. The van der Waals surface area contributed by atoms with Gasteiger partial charge in [-0.3, -0.25) is 9.78 Å². The Hall–Kier alpha value is -4.02. The highest BCUT2D eigenvalue weighted by atomic mass is 19.4. The lowest BCUT2D eigenvalue weighted by Gasteiger charge is -2.33. The van der Waals surface area contributed by atoms with Crippen molar-refractivity contribution in [1.29, 1.82) is 0 Å². The highest BCUT2D eigenvalue weighted by Crippen LogP contribution is 2.34. The average Bonchev–Trinajstić information content (AvgIpc) is 3.32. The SMILES string of the molecule is CN(Cc1ccccn1)C(=O)[C@H]1C[C@@H]2CCN(c3ncccn3)C[C@@H]2O1.O=C(O)C(F)(F)F.O=C(O)C(F)(F)F. The van der Waals surface area contributed by atoms with Crippen LogP contribution in [-0.4, -0.2) is 92.6 Å². The smallest absolute Gasteiger partial charge is 0.475 e. The first-order valence-corrected chi connectivity index (χ1v) is 11.5. The molecule has 2 aromatic heterocycles. The van der Waals surface area contributed by atoms with Crippen molar-refractivity contribution in [3.05, 3.63) is 48.5 Å². The summed E-state index contributed by atoms with van der Waals surface area (Å²) in [6, 6.07) is 7.55. The van der Waals surface area contributed by atoms with E-state index in [1.807, 2.05) is 31.3 Å². The Labute approximate surface area is 223 Å². The van der Waals surface area contributed by atoms with E-state index in [-0.39, 0.29) is 18.1 Å². The van der Waals surface area contributed by atoms with Gasteiger partial charge in [-0.05, 0) is 37.0 Å². The zero-order valence-electron chi connectivity index (χ0n) is 20.8. The second-order valence-electron chi connectivity index (χ2n) is 8.56.